The van der Waals surface area contributed by atoms with Crippen molar-refractivity contribution in [2.75, 3.05) is 0 Å². The number of hydrogen-bond acceptors (Lipinski definition) is 6. The fourth-order valence-electron chi connectivity index (χ4n) is 3.81. The fraction of sp³-hybridized carbons (Fsp3) is 0.136. The molecular weight excluding hydrogens is 452 g/mol. The van der Waals surface area contributed by atoms with Gasteiger partial charge in [0.15, 0.2) is 0 Å². The van der Waals surface area contributed by atoms with E-state index in [1.54, 1.807) is 44.3 Å². The summed E-state index contributed by atoms with van der Waals surface area (Å²) in [6, 6.07) is 9.62. The number of rotatable bonds is 5. The van der Waals surface area contributed by atoms with E-state index in [0.717, 1.165) is 10.2 Å². The van der Waals surface area contributed by atoms with Crippen molar-refractivity contribution in [1.82, 2.24) is 23.9 Å². The van der Waals surface area contributed by atoms with E-state index in [2.05, 4.69) is 15.2 Å². The van der Waals surface area contributed by atoms with E-state index in [0.29, 0.717) is 43.9 Å². The van der Waals surface area contributed by atoms with Crippen LogP contribution in [-0.4, -0.2) is 32.3 Å². The lowest BCUT2D eigenvalue weighted by molar-refractivity contribution is 0.0566. The predicted molar refractivity (Wildman–Crippen MR) is 116 cm³/mol. The maximum Gasteiger partial charge on any atom is 0.333 e. The second-order valence-electron chi connectivity index (χ2n) is 7.43. The van der Waals surface area contributed by atoms with Gasteiger partial charge in [-0.2, -0.15) is 13.9 Å². The monoisotopic (exact) mass is 469 g/mol. The van der Waals surface area contributed by atoms with Crippen LogP contribution in [0.4, 0.5) is 8.78 Å². The Labute approximate surface area is 187 Å². The molecule has 1 aromatic carbocycles. The van der Waals surface area contributed by atoms with Crippen LogP contribution < -0.4 is 0 Å². The number of benzene rings is 1. The topological polar surface area (TPSA) is 95.8 Å². The lowest BCUT2D eigenvalue weighted by Gasteiger charge is -2.08. The Morgan fingerprint density at radius 3 is 2.42 bits per heavy atom. The Bertz CT molecular complexity index is 1570. The highest BCUT2D eigenvalue weighted by Crippen LogP contribution is 2.35. The van der Waals surface area contributed by atoms with Crippen LogP contribution in [0, 0.1) is 13.8 Å². The number of aryl methyl sites for hydroxylation is 2. The summed E-state index contributed by atoms with van der Waals surface area (Å²) in [6.07, 6.45) is 5.37. The molecule has 0 atom stereocenters. The molecule has 5 rings (SSSR count). The molecule has 4 heterocycles. The molecule has 11 heteroatoms. The predicted octanol–water partition coefficient (Wildman–Crippen LogP) is 4.80. The first-order valence-corrected chi connectivity index (χ1v) is 11.3. The van der Waals surface area contributed by atoms with Crippen LogP contribution in [0.5, 0.6) is 0 Å². The maximum absolute atomic E-state index is 13.5. The van der Waals surface area contributed by atoms with Crippen molar-refractivity contribution >= 4 is 21.1 Å². The smallest absolute Gasteiger partial charge is 0.333 e. The quantitative estimate of drug-likeness (QED) is 0.367. The van der Waals surface area contributed by atoms with Gasteiger partial charge in [-0.15, -0.1) is 0 Å². The van der Waals surface area contributed by atoms with E-state index in [1.807, 2.05) is 0 Å². The van der Waals surface area contributed by atoms with Crippen molar-refractivity contribution in [2.45, 2.75) is 25.3 Å². The Hall–Kier alpha value is -3.86. The molecule has 0 spiro atoms. The number of pyridine rings is 1. The number of nitrogens with zero attached hydrogens (tertiary/aromatic N) is 5. The third-order valence-corrected chi connectivity index (χ3v) is 7.03. The molecule has 0 N–H and O–H groups in total. The van der Waals surface area contributed by atoms with E-state index in [-0.39, 0.29) is 10.4 Å². The lowest BCUT2D eigenvalue weighted by atomic mass is 10.1. The lowest BCUT2D eigenvalue weighted by Crippen LogP contribution is -2.11. The van der Waals surface area contributed by atoms with E-state index in [9.17, 15) is 17.2 Å². The minimum absolute atomic E-state index is 0.0828. The van der Waals surface area contributed by atoms with Crippen molar-refractivity contribution in [3.8, 4) is 22.3 Å². The zero-order valence-electron chi connectivity index (χ0n) is 17.5. The molecule has 0 saturated carbocycles. The van der Waals surface area contributed by atoms with Gasteiger partial charge in [-0.3, -0.25) is 4.98 Å². The summed E-state index contributed by atoms with van der Waals surface area (Å²) < 4.78 is 60.0. The first kappa shape index (κ1) is 21.0. The van der Waals surface area contributed by atoms with Gasteiger partial charge in [-0.1, -0.05) is 23.4 Å². The van der Waals surface area contributed by atoms with Gasteiger partial charge in [0.1, 0.15) is 5.76 Å². The van der Waals surface area contributed by atoms with Crippen molar-refractivity contribution < 1.29 is 21.7 Å². The van der Waals surface area contributed by atoms with E-state index < -0.39 is 16.6 Å². The highest BCUT2D eigenvalue weighted by Gasteiger charge is 2.25. The van der Waals surface area contributed by atoms with Gasteiger partial charge in [0.2, 0.25) is 0 Å². The van der Waals surface area contributed by atoms with Crippen LogP contribution in [0.1, 0.15) is 18.0 Å². The summed E-state index contributed by atoms with van der Waals surface area (Å²) in [7, 11) is -4.01. The van der Waals surface area contributed by atoms with Gasteiger partial charge >= 0.3 is 6.55 Å². The third kappa shape index (κ3) is 3.41. The molecule has 0 saturated heterocycles. The largest absolute Gasteiger partial charge is 0.361 e. The van der Waals surface area contributed by atoms with E-state index in [4.69, 9.17) is 4.52 Å². The van der Waals surface area contributed by atoms with E-state index in [1.165, 1.54) is 24.5 Å². The van der Waals surface area contributed by atoms with Crippen molar-refractivity contribution in [3.63, 3.8) is 0 Å². The van der Waals surface area contributed by atoms with Gasteiger partial charge < -0.3 is 4.52 Å². The molecule has 0 aliphatic heterocycles. The molecule has 0 bridgehead atoms. The Kier molecular flexibility index (Phi) is 4.85. The molecule has 168 valence electrons. The second-order valence-corrected chi connectivity index (χ2v) is 9.25. The highest BCUT2D eigenvalue weighted by molar-refractivity contribution is 7.90. The number of aromatic nitrogens is 5. The zero-order valence-corrected chi connectivity index (χ0v) is 18.3. The molecule has 5 aromatic rings. The molecule has 0 radical (unpaired) electrons. The van der Waals surface area contributed by atoms with Crippen molar-refractivity contribution in [3.05, 3.63) is 72.6 Å². The van der Waals surface area contributed by atoms with Gasteiger partial charge in [0, 0.05) is 40.8 Å². The molecule has 4 aromatic heterocycles. The summed E-state index contributed by atoms with van der Waals surface area (Å²) in [5.74, 6) is 0.566. The summed E-state index contributed by atoms with van der Waals surface area (Å²) >= 11 is 0. The van der Waals surface area contributed by atoms with Crippen LogP contribution in [0.15, 0.2) is 70.6 Å². The molecule has 33 heavy (non-hydrogen) atoms. The minimum Gasteiger partial charge on any atom is -0.361 e. The number of fused-ring (bicyclic) bond motifs is 1. The van der Waals surface area contributed by atoms with Crippen molar-refractivity contribution in [2.24, 2.45) is 0 Å². The summed E-state index contributed by atoms with van der Waals surface area (Å²) in [5, 5.41) is 7.62. The summed E-state index contributed by atoms with van der Waals surface area (Å²) in [5.41, 5.74) is 3.27. The standard InChI is InChI=1S/C22H17F2N5O3S/c1-13-20(14(2)32-27-13)15-8-19-21(25-9-15)18(16-10-26-28(11-16)22(23)24)12-29(19)33(30,31)17-6-4-3-5-7-17/h3-12,22H,1-2H3. The molecule has 0 unspecified atom stereocenters. The highest BCUT2D eigenvalue weighted by atomic mass is 32.2. The Balaban J connectivity index is 1.79. The van der Waals surface area contributed by atoms with Crippen LogP contribution in [0.2, 0.25) is 0 Å². The second kappa shape index (κ2) is 7.62. The first-order chi connectivity index (χ1) is 15.8. The zero-order chi connectivity index (χ0) is 23.3. The molecule has 0 aliphatic carbocycles. The number of hydrogen-bond donors (Lipinski definition) is 0. The minimum atomic E-state index is -4.01. The molecule has 8 nitrogen and oxygen atoms in total. The number of halogens is 2. The number of alkyl halides is 2. The average molecular weight is 469 g/mol. The maximum atomic E-state index is 13.5. The molecule has 0 aliphatic rings. The third-order valence-electron chi connectivity index (χ3n) is 5.34. The summed E-state index contributed by atoms with van der Waals surface area (Å²) in [6.45, 7) is 0.711. The fourth-order valence-corrected chi connectivity index (χ4v) is 5.18. The van der Waals surface area contributed by atoms with Crippen LogP contribution in [0.25, 0.3) is 33.3 Å². The molecule has 0 fully saturated rings. The first-order valence-electron chi connectivity index (χ1n) is 9.85. The SMILES string of the molecule is Cc1noc(C)c1-c1cnc2c(-c3cnn(C(F)F)c3)cn(S(=O)(=O)c3ccccc3)c2c1. The summed E-state index contributed by atoms with van der Waals surface area (Å²) in [4.78, 5) is 4.58. The molecular formula is C22H17F2N5O3S. The average Bonchev–Trinajstić information content (AvgIpc) is 3.51. The van der Waals surface area contributed by atoms with Gasteiger partial charge in [-0.05, 0) is 32.0 Å². The van der Waals surface area contributed by atoms with Gasteiger partial charge in [0.25, 0.3) is 10.0 Å². The van der Waals surface area contributed by atoms with Gasteiger partial charge in [0.05, 0.1) is 27.8 Å². The Morgan fingerprint density at radius 2 is 1.79 bits per heavy atom. The van der Waals surface area contributed by atoms with Crippen LogP contribution in [-0.2, 0) is 10.0 Å². The van der Waals surface area contributed by atoms with Crippen LogP contribution in [0.3, 0.4) is 0 Å². The van der Waals surface area contributed by atoms with Crippen LogP contribution >= 0.6 is 0 Å². The molecule has 0 amide bonds. The van der Waals surface area contributed by atoms with E-state index >= 15 is 0 Å². The Morgan fingerprint density at radius 1 is 1.03 bits per heavy atom. The van der Waals surface area contributed by atoms with Crippen molar-refractivity contribution in [1.29, 1.82) is 0 Å². The normalized spacial score (nSPS) is 12.2. The van der Waals surface area contributed by atoms with Gasteiger partial charge in [-0.25, -0.2) is 17.1 Å².